The molecule has 0 saturated carbocycles. The van der Waals surface area contributed by atoms with Crippen molar-refractivity contribution in [3.63, 3.8) is 0 Å². The molecule has 0 spiro atoms. The molecule has 6 atom stereocenters. The number of guanidine groups is 4. The van der Waals surface area contributed by atoms with Crippen LogP contribution in [0.25, 0.3) is 0 Å². The van der Waals surface area contributed by atoms with Crippen LogP contribution in [-0.2, 0) is 28.8 Å². The average molecular weight is 1090 g/mol. The minimum atomic E-state index is -1.57. The lowest BCUT2D eigenvalue weighted by molar-refractivity contribution is -0.143. The van der Waals surface area contributed by atoms with Gasteiger partial charge >= 0.3 is 5.97 Å². The van der Waals surface area contributed by atoms with Gasteiger partial charge in [0.15, 0.2) is 23.8 Å². The minimum absolute atomic E-state index is 0.00148. The maximum Gasteiger partial charge on any atom is 0.327 e. The van der Waals surface area contributed by atoms with Crippen LogP contribution in [0.2, 0.25) is 0 Å². The zero-order valence-corrected chi connectivity index (χ0v) is 43.9. The zero-order chi connectivity index (χ0) is 57.7. The Kier molecular flexibility index (Phi) is 26.0. The molecule has 0 fully saturated rings. The molecule has 4 aromatic carbocycles. The van der Waals surface area contributed by atoms with Crippen LogP contribution < -0.4 is 76.5 Å². The molecule has 0 aliphatic heterocycles. The van der Waals surface area contributed by atoms with Crippen molar-refractivity contribution in [1.29, 1.82) is 21.6 Å². The van der Waals surface area contributed by atoms with Gasteiger partial charge in [0.25, 0.3) is 0 Å². The molecule has 0 aliphatic rings. The second-order valence-corrected chi connectivity index (χ2v) is 18.6. The highest BCUT2D eigenvalue weighted by Gasteiger charge is 2.40. The van der Waals surface area contributed by atoms with Gasteiger partial charge in [0.1, 0.15) is 30.2 Å². The molecule has 4 aromatic rings. The summed E-state index contributed by atoms with van der Waals surface area (Å²) in [7, 11) is 0. The van der Waals surface area contributed by atoms with Crippen molar-refractivity contribution in [1.82, 2.24) is 47.9 Å². The molecule has 0 aliphatic carbocycles. The molecule has 424 valence electrons. The molecule has 0 unspecified atom stereocenters. The van der Waals surface area contributed by atoms with Crippen molar-refractivity contribution in [2.24, 2.45) is 28.7 Å². The highest BCUT2D eigenvalue weighted by atomic mass is 16.4. The van der Waals surface area contributed by atoms with Crippen molar-refractivity contribution in [2.45, 2.75) is 99.5 Å². The first-order valence-electron chi connectivity index (χ1n) is 25.9. The Balaban J connectivity index is 1.76. The van der Waals surface area contributed by atoms with Crippen LogP contribution in [0.5, 0.6) is 0 Å². The van der Waals surface area contributed by atoms with E-state index < -0.39 is 83.6 Å². The number of aliphatic carboxylic acids is 1. The zero-order valence-electron chi connectivity index (χ0n) is 43.9. The largest absolute Gasteiger partial charge is 0.480 e. The first-order valence-corrected chi connectivity index (χ1v) is 25.9. The Morgan fingerprint density at radius 3 is 0.949 bits per heavy atom. The van der Waals surface area contributed by atoms with Gasteiger partial charge in [-0.2, -0.15) is 0 Å². The van der Waals surface area contributed by atoms with Gasteiger partial charge in [-0.15, -0.1) is 0 Å². The van der Waals surface area contributed by atoms with Crippen molar-refractivity contribution >= 4 is 59.3 Å². The highest BCUT2D eigenvalue weighted by Crippen LogP contribution is 2.32. The van der Waals surface area contributed by atoms with E-state index in [0.29, 0.717) is 28.7 Å². The van der Waals surface area contributed by atoms with E-state index in [2.05, 4.69) is 47.9 Å². The van der Waals surface area contributed by atoms with Gasteiger partial charge in [0.05, 0.1) is 6.04 Å². The fourth-order valence-electron chi connectivity index (χ4n) is 8.77. The number of carbonyl (C=O) groups is 6. The molecule has 5 amide bonds. The van der Waals surface area contributed by atoms with Crippen LogP contribution in [0.15, 0.2) is 121 Å². The number of carbonyl (C=O) groups excluding carboxylic acids is 5. The first kappa shape index (κ1) is 62.3. The molecule has 25 heteroatoms. The second-order valence-electron chi connectivity index (χ2n) is 18.6. The summed E-state index contributed by atoms with van der Waals surface area (Å²) in [6.45, 7) is 0.605. The van der Waals surface area contributed by atoms with E-state index in [-0.39, 0.29) is 95.0 Å². The number of carboxylic acid groups (broad SMARTS) is 1. The molecule has 0 radical (unpaired) electrons. The topological polar surface area (TPSA) is 456 Å². The maximum absolute atomic E-state index is 15.3. The molecule has 24 N–H and O–H groups in total. The third-order valence-electron chi connectivity index (χ3n) is 12.6. The summed E-state index contributed by atoms with van der Waals surface area (Å²) < 4.78 is 0. The fraction of sp³-hybridized carbons (Fsp3) is 0.370. The van der Waals surface area contributed by atoms with E-state index >= 15 is 9.59 Å². The third kappa shape index (κ3) is 21.7. The van der Waals surface area contributed by atoms with Crippen LogP contribution in [0.1, 0.15) is 85.5 Å². The van der Waals surface area contributed by atoms with Crippen LogP contribution in [0.3, 0.4) is 0 Å². The van der Waals surface area contributed by atoms with Gasteiger partial charge in [-0.05, 0) is 73.6 Å². The van der Waals surface area contributed by atoms with Crippen LogP contribution in [0.4, 0.5) is 0 Å². The van der Waals surface area contributed by atoms with Crippen LogP contribution >= 0.6 is 0 Å². The Bertz CT molecular complexity index is 2560. The highest BCUT2D eigenvalue weighted by molar-refractivity contribution is 5.97. The summed E-state index contributed by atoms with van der Waals surface area (Å²) >= 11 is 0. The molecule has 0 aromatic heterocycles. The molecule has 25 nitrogen and oxygen atoms in total. The Morgan fingerprint density at radius 2 is 0.646 bits per heavy atom. The van der Waals surface area contributed by atoms with Crippen LogP contribution in [0, 0.1) is 21.6 Å². The van der Waals surface area contributed by atoms with Crippen molar-refractivity contribution < 1.29 is 33.9 Å². The number of carboxylic acids is 1. The van der Waals surface area contributed by atoms with Crippen molar-refractivity contribution in [2.75, 3.05) is 26.2 Å². The summed E-state index contributed by atoms with van der Waals surface area (Å²) in [5.74, 6) is -8.49. The van der Waals surface area contributed by atoms with E-state index in [4.69, 9.17) is 50.3 Å². The Morgan fingerprint density at radius 1 is 0.380 bits per heavy atom. The number of hydrogen-bond donors (Lipinski definition) is 19. The summed E-state index contributed by atoms with van der Waals surface area (Å²) in [5, 5.41) is 65.7. The maximum atomic E-state index is 15.3. The van der Waals surface area contributed by atoms with Gasteiger partial charge in [0.2, 0.25) is 29.5 Å². The number of nitrogens with two attached hydrogens (primary N) is 5. The fourth-order valence-corrected chi connectivity index (χ4v) is 8.77. The molecule has 4 rings (SSSR count). The van der Waals surface area contributed by atoms with E-state index in [1.165, 1.54) is 0 Å². The monoisotopic (exact) mass is 1090 g/mol. The Labute approximate surface area is 459 Å². The molecule has 0 saturated heterocycles. The van der Waals surface area contributed by atoms with Crippen LogP contribution in [-0.4, -0.2) is 127 Å². The smallest absolute Gasteiger partial charge is 0.327 e. The summed E-state index contributed by atoms with van der Waals surface area (Å²) in [6.07, 6.45) is 0.851. The van der Waals surface area contributed by atoms with E-state index in [9.17, 15) is 24.3 Å². The van der Waals surface area contributed by atoms with Gasteiger partial charge in [-0.25, -0.2) is 4.79 Å². The number of hydrogen-bond acceptors (Lipinski definition) is 11. The molecule has 0 heterocycles. The van der Waals surface area contributed by atoms with Gasteiger partial charge in [-0.3, -0.25) is 45.6 Å². The summed E-state index contributed by atoms with van der Waals surface area (Å²) in [6, 6.07) is 27.1. The van der Waals surface area contributed by atoms with Gasteiger partial charge in [0, 0.05) is 38.0 Å². The lowest BCUT2D eigenvalue weighted by Crippen LogP contribution is -2.60. The number of rotatable bonds is 33. The third-order valence-corrected chi connectivity index (χ3v) is 12.6. The lowest BCUT2D eigenvalue weighted by atomic mass is 9.82. The predicted octanol–water partition coefficient (Wildman–Crippen LogP) is -0.460. The predicted molar refractivity (Wildman–Crippen MR) is 301 cm³/mol. The molecule has 0 bridgehead atoms. The number of nitrogens with one attached hydrogen (secondary N) is 13. The number of benzene rings is 4. The second kappa shape index (κ2) is 33.0. The molecular weight excluding hydrogens is 1010 g/mol. The van der Waals surface area contributed by atoms with Crippen molar-refractivity contribution in [3.05, 3.63) is 144 Å². The minimum Gasteiger partial charge on any atom is -0.480 e. The average Bonchev–Trinajstić information content (AvgIpc) is 3.46. The van der Waals surface area contributed by atoms with E-state index in [1.807, 2.05) is 0 Å². The number of amides is 5. The quantitative estimate of drug-likeness (QED) is 0.0163. The van der Waals surface area contributed by atoms with E-state index in [0.717, 1.165) is 0 Å². The SMILES string of the molecule is N=C(N)NCCC[C@H](NC(=O)[C@H](CCCNC(=N)N)NC(=O)[C@@H](N)CCCNC(=N)N)C(=O)N[C@@H](CCCNC(=N)N)C(=O)N[C@H](C(=O)N[C@H](C(=O)O)C(c1ccccc1)c1ccccc1)C(c1ccccc1)c1ccccc1. The molecule has 79 heavy (non-hydrogen) atoms. The normalized spacial score (nSPS) is 13.2. The van der Waals surface area contributed by atoms with Crippen molar-refractivity contribution in [3.8, 4) is 0 Å². The first-order chi connectivity index (χ1) is 37.9. The summed E-state index contributed by atoms with van der Waals surface area (Å²) in [4.78, 5) is 86.3. The van der Waals surface area contributed by atoms with Gasteiger partial charge in [-0.1, -0.05) is 121 Å². The summed E-state index contributed by atoms with van der Waals surface area (Å²) in [5.41, 5.74) is 30.5. The van der Waals surface area contributed by atoms with E-state index in [1.54, 1.807) is 121 Å². The standard InChI is InChI=1S/C54H76N18O7/c55-37(25-13-29-64-51(56)57)45(73)68-38(26-14-30-65-52(58)59)46(74)69-39(27-15-31-66-53(60)61)47(75)70-40(28-16-32-67-54(62)63)48(76)71-43(41(33-17-5-1-6-18-33)34-19-7-2-8-20-34)49(77)72-44(50(78)79)42(35-21-9-3-10-22-35)36-23-11-4-12-24-36/h1-12,17-24,37-44H,13-16,25-32,55H2,(H,68,73)(H,69,74)(H,70,75)(H,71,76)(H,72,77)(H,78,79)(H4,56,57,64)(H4,58,59,65)(H4,60,61,66)(H4,62,63,67)/t37-,38-,39-,40-,43-,44-/m0/s1. The van der Waals surface area contributed by atoms with Gasteiger partial charge < -0.3 is 81.6 Å². The Hall–Kier alpha value is -9.26. The lowest BCUT2D eigenvalue weighted by Gasteiger charge is -2.33. The molecular formula is C54H76N18O7.